The Morgan fingerprint density at radius 2 is 1.06 bits per heavy atom. The molecule has 20 heteroatoms. The molecule has 0 bridgehead atoms. The number of ether oxygens (including phenoxy) is 4. The van der Waals surface area contributed by atoms with Crippen LogP contribution in [0.1, 0.15) is 66.9 Å². The minimum absolute atomic E-state index is 0. The van der Waals surface area contributed by atoms with Crippen LogP contribution in [0.3, 0.4) is 0 Å². The summed E-state index contributed by atoms with van der Waals surface area (Å²) in [5.41, 5.74) is 11.7. The van der Waals surface area contributed by atoms with Crippen molar-refractivity contribution in [2.24, 2.45) is 5.73 Å². The van der Waals surface area contributed by atoms with Crippen LogP contribution >= 0.6 is 35.1 Å². The molecular weight excluding hydrogens is 972 g/mol. The number of esters is 2. The second-order valence-corrected chi connectivity index (χ2v) is 17.4. The monoisotopic (exact) mass is 1030 g/mol. The maximum absolute atomic E-state index is 12.7. The second-order valence-electron chi connectivity index (χ2n) is 15.3. The maximum atomic E-state index is 12.7. The highest BCUT2D eigenvalue weighted by Crippen LogP contribution is 2.27. The summed E-state index contributed by atoms with van der Waals surface area (Å²) in [5, 5.41) is 16.4. The number of aromatic carboxylic acids is 1. The van der Waals surface area contributed by atoms with E-state index in [-0.39, 0.29) is 57.8 Å². The predicted octanol–water partition coefficient (Wildman–Crippen LogP) is 8.68. The van der Waals surface area contributed by atoms with E-state index in [1.165, 1.54) is 22.7 Å². The highest BCUT2D eigenvalue weighted by molar-refractivity contribution is 7.21. The number of unbranched alkanes of at least 4 members (excludes halogenated alkanes) is 1. The zero-order chi connectivity index (χ0) is 50.3. The van der Waals surface area contributed by atoms with Gasteiger partial charge < -0.3 is 45.7 Å². The van der Waals surface area contributed by atoms with Crippen molar-refractivity contribution in [2.75, 3.05) is 19.7 Å². The van der Waals surface area contributed by atoms with Gasteiger partial charge in [-0.25, -0.2) is 24.0 Å². The maximum Gasteiger partial charge on any atom is 0.408 e. The molecule has 6 N–H and O–H groups in total. The number of rotatable bonds is 18. The summed E-state index contributed by atoms with van der Waals surface area (Å²) in [6, 6.07) is 32.7. The molecule has 0 fully saturated rings. The quantitative estimate of drug-likeness (QED) is 0.0307. The summed E-state index contributed by atoms with van der Waals surface area (Å²) in [4.78, 5) is 81.1. The number of amides is 3. The van der Waals surface area contributed by atoms with Crippen molar-refractivity contribution >= 4 is 91.5 Å². The Hall–Kier alpha value is -7.45. The zero-order valence-electron chi connectivity index (χ0n) is 39.2. The molecule has 7 aromatic rings. The Kier molecular flexibility index (Phi) is 23.4. The van der Waals surface area contributed by atoms with Crippen LogP contribution in [0.25, 0.3) is 20.4 Å². The van der Waals surface area contributed by atoms with Crippen LogP contribution < -0.4 is 21.7 Å². The summed E-state index contributed by atoms with van der Waals surface area (Å²) < 4.78 is 22.5. The largest absolute Gasteiger partial charge is 0.477 e. The summed E-state index contributed by atoms with van der Waals surface area (Å²) in [7, 11) is 0. The lowest BCUT2D eigenvalue weighted by Crippen LogP contribution is -2.49. The van der Waals surface area contributed by atoms with Crippen LogP contribution in [-0.2, 0) is 48.4 Å². The minimum atomic E-state index is -1.08. The number of thiophene rings is 2. The van der Waals surface area contributed by atoms with Crippen molar-refractivity contribution in [1.82, 2.24) is 25.9 Å². The number of carbonyl (C=O) groups is 6. The van der Waals surface area contributed by atoms with Gasteiger partial charge in [-0.05, 0) is 72.4 Å². The number of carbonyl (C=O) groups excluding carboxylic acids is 5. The number of nitrogens with one attached hydrogen (secondary N) is 3. The summed E-state index contributed by atoms with van der Waals surface area (Å²) in [6.07, 6.45) is 3.46. The number of nitrogens with zero attached hydrogens (tertiary/aromatic N) is 2. The van der Waals surface area contributed by atoms with Gasteiger partial charge in [0, 0.05) is 25.5 Å². The van der Waals surface area contributed by atoms with E-state index in [0.29, 0.717) is 16.2 Å². The fourth-order valence-corrected chi connectivity index (χ4v) is 8.02. The van der Waals surface area contributed by atoms with Crippen LogP contribution in [0.5, 0.6) is 0 Å². The number of nitrogens with two attached hydrogens (primary N) is 1. The van der Waals surface area contributed by atoms with E-state index in [1.807, 2.05) is 124 Å². The number of alkyl carbamates (subject to hydrolysis) is 2. The molecule has 0 saturated carbocycles. The van der Waals surface area contributed by atoms with E-state index in [1.54, 1.807) is 24.5 Å². The number of benzene rings is 3. The number of carboxylic acids is 1. The highest BCUT2D eigenvalue weighted by atomic mass is 35.5. The lowest BCUT2D eigenvalue weighted by molar-refractivity contribution is -0.147. The van der Waals surface area contributed by atoms with Gasteiger partial charge in [0.05, 0.1) is 31.9 Å². The number of carboxylic acid groups (broad SMARTS) is 1. The normalized spacial score (nSPS) is 11.2. The summed E-state index contributed by atoms with van der Waals surface area (Å²) in [5.74, 6) is -2.47. The number of aryl methyl sites for hydroxylation is 2. The molecule has 0 aliphatic carbocycles. The molecule has 374 valence electrons. The van der Waals surface area contributed by atoms with Gasteiger partial charge >= 0.3 is 30.1 Å². The molecule has 2 atom stereocenters. The van der Waals surface area contributed by atoms with Crippen LogP contribution in [-0.4, -0.2) is 82.9 Å². The van der Waals surface area contributed by atoms with Crippen molar-refractivity contribution in [3.05, 3.63) is 165 Å². The van der Waals surface area contributed by atoms with E-state index in [0.717, 1.165) is 54.7 Å². The van der Waals surface area contributed by atoms with E-state index in [2.05, 4.69) is 25.9 Å². The lowest BCUT2D eigenvalue weighted by Gasteiger charge is -2.18. The summed E-state index contributed by atoms with van der Waals surface area (Å²) >= 11 is 2.60. The smallest absolute Gasteiger partial charge is 0.408 e. The molecular formula is C51H55ClN6O11S2. The molecule has 0 saturated heterocycles. The van der Waals surface area contributed by atoms with Crippen molar-refractivity contribution in [3.8, 4) is 0 Å². The van der Waals surface area contributed by atoms with E-state index >= 15 is 0 Å². The molecule has 0 spiro atoms. The molecule has 0 aliphatic rings. The SMILES string of the molecule is CCCCOC(=O)[C@@H](CNC(=O)c1cc2nccc(C)c2s1)NC(=O)OCc1ccccc1.Cc1ccnc2cc(C(=O)O)sc12.Cl.NC[C@@H](NC(=O)OCc1ccccc1)C(=O)OCc1ccccc1. The van der Waals surface area contributed by atoms with Gasteiger partial charge in [-0.15, -0.1) is 35.1 Å². The molecule has 71 heavy (non-hydrogen) atoms. The molecule has 17 nitrogen and oxygen atoms in total. The third-order valence-electron chi connectivity index (χ3n) is 9.90. The van der Waals surface area contributed by atoms with Crippen LogP contribution in [0.4, 0.5) is 9.59 Å². The average molecular weight is 1030 g/mol. The molecule has 3 aromatic carbocycles. The molecule has 7 rings (SSSR count). The standard InChI is InChI=1S/C24H27N3O5S.C18H20N2O4.C9H7NO2S.ClH/c1-3-4-12-31-23(29)19(27-24(30)32-15-17-8-6-5-7-9-17)14-26-22(28)20-13-18-21(33-20)16(2)10-11-25-18;19-11-16(17(21)23-12-14-7-3-1-4-8-14)20-18(22)24-13-15-9-5-2-6-10-15;1-5-2-3-10-6-4-7(9(11)12)13-8(5)6;/h5-11,13,19H,3-4,12,14-15H2,1-2H3,(H,26,28)(H,27,30);1-10,16H,11-13,19H2,(H,20,22);2-4H,1H3,(H,11,12);1H/t19-;16-;;/m11../s1. The second kappa shape index (κ2) is 29.5. The van der Waals surface area contributed by atoms with E-state index < -0.39 is 42.2 Å². The highest BCUT2D eigenvalue weighted by Gasteiger charge is 2.25. The molecule has 3 amide bonds. The first-order valence-electron chi connectivity index (χ1n) is 22.1. The van der Waals surface area contributed by atoms with Gasteiger partial charge in [0.1, 0.15) is 36.8 Å². The van der Waals surface area contributed by atoms with Crippen LogP contribution in [0, 0.1) is 13.8 Å². The fraction of sp³-hybridized carbons (Fsp3) is 0.255. The molecule has 4 aromatic heterocycles. The number of hydrogen-bond acceptors (Lipinski definition) is 15. The predicted molar refractivity (Wildman–Crippen MR) is 274 cm³/mol. The number of halogens is 1. The number of hydrogen-bond donors (Lipinski definition) is 5. The zero-order valence-corrected chi connectivity index (χ0v) is 41.6. The Morgan fingerprint density at radius 3 is 1.51 bits per heavy atom. The Labute approximate surface area is 424 Å². The number of pyridine rings is 2. The van der Waals surface area contributed by atoms with Crippen molar-refractivity contribution in [3.63, 3.8) is 0 Å². The fourth-order valence-electron chi connectivity index (χ4n) is 6.10. The molecule has 0 aliphatic heterocycles. The first-order chi connectivity index (χ1) is 33.8. The first-order valence-corrected chi connectivity index (χ1v) is 23.7. The number of aromatic nitrogens is 2. The first kappa shape index (κ1) is 56.1. The average Bonchev–Trinajstić information content (AvgIpc) is 4.04. The topological polar surface area (TPSA) is 247 Å². The van der Waals surface area contributed by atoms with Gasteiger partial charge in [0.25, 0.3) is 5.91 Å². The molecule has 4 heterocycles. The summed E-state index contributed by atoms with van der Waals surface area (Å²) in [6.45, 7) is 6.21. The van der Waals surface area contributed by atoms with Gasteiger partial charge in [0.2, 0.25) is 0 Å². The van der Waals surface area contributed by atoms with Crippen LogP contribution in [0.2, 0.25) is 0 Å². The van der Waals surface area contributed by atoms with Crippen molar-refractivity contribution < 1.29 is 52.8 Å². The molecule has 0 radical (unpaired) electrons. The van der Waals surface area contributed by atoms with Crippen molar-refractivity contribution in [1.29, 1.82) is 0 Å². The minimum Gasteiger partial charge on any atom is -0.477 e. The Bertz CT molecular complexity index is 2820. The lowest BCUT2D eigenvalue weighted by atomic mass is 10.2. The Morgan fingerprint density at radius 1 is 0.620 bits per heavy atom. The van der Waals surface area contributed by atoms with Gasteiger partial charge in [-0.3, -0.25) is 14.8 Å². The van der Waals surface area contributed by atoms with E-state index in [9.17, 15) is 28.8 Å². The van der Waals surface area contributed by atoms with Crippen molar-refractivity contribution in [2.45, 2.75) is 65.5 Å². The van der Waals surface area contributed by atoms with Crippen LogP contribution in [0.15, 0.2) is 128 Å². The van der Waals surface area contributed by atoms with Gasteiger partial charge in [0.15, 0.2) is 0 Å². The molecule has 0 unspecified atom stereocenters. The Balaban J connectivity index is 0.000000251. The third kappa shape index (κ3) is 18.4. The van der Waals surface area contributed by atoms with E-state index in [4.69, 9.17) is 29.8 Å². The van der Waals surface area contributed by atoms with Gasteiger partial charge in [-0.2, -0.15) is 0 Å². The third-order valence-corrected chi connectivity index (χ3v) is 12.4. The van der Waals surface area contributed by atoms with Gasteiger partial charge in [-0.1, -0.05) is 104 Å². The number of fused-ring (bicyclic) bond motifs is 2.